The first kappa shape index (κ1) is 31.5. The maximum atomic E-state index is 14.1. The summed E-state index contributed by atoms with van der Waals surface area (Å²) in [5.41, 5.74) is 2.06. The lowest BCUT2D eigenvalue weighted by atomic mass is 10.1. The van der Waals surface area contributed by atoms with Crippen LogP contribution < -0.4 is 9.62 Å². The van der Waals surface area contributed by atoms with Gasteiger partial charge in [-0.3, -0.25) is 13.9 Å². The summed E-state index contributed by atoms with van der Waals surface area (Å²) >= 11 is 12.2. The summed E-state index contributed by atoms with van der Waals surface area (Å²) in [5.74, 6) is -0.786. The van der Waals surface area contributed by atoms with E-state index in [1.165, 1.54) is 35.2 Å². The minimum Gasteiger partial charge on any atom is -0.354 e. The van der Waals surface area contributed by atoms with E-state index in [9.17, 15) is 18.0 Å². The number of nitrogens with one attached hydrogen (secondary N) is 1. The molecule has 0 bridgehead atoms. The molecule has 7 nitrogen and oxygen atoms in total. The second-order valence-electron chi connectivity index (χ2n) is 9.46. The van der Waals surface area contributed by atoms with Crippen molar-refractivity contribution >= 4 is 50.7 Å². The molecule has 0 heterocycles. The first-order valence-electron chi connectivity index (χ1n) is 13.2. The Labute approximate surface area is 247 Å². The fraction of sp³-hybridized carbons (Fsp3) is 0.333. The SMILES string of the molecule is CCCCNC(=O)[C@@H](CC)N(Cc1ccccc1C)C(=O)CN(c1cccc(Cl)c1)S(=O)(=O)c1ccc(Cl)cc1. The highest BCUT2D eigenvalue weighted by Gasteiger charge is 2.33. The molecule has 3 rings (SSSR count). The molecule has 0 spiro atoms. The number of carbonyl (C=O) groups excluding carboxylic acids is 2. The zero-order valence-electron chi connectivity index (χ0n) is 22.9. The number of amides is 2. The highest BCUT2D eigenvalue weighted by atomic mass is 35.5. The van der Waals surface area contributed by atoms with E-state index in [-0.39, 0.29) is 23.0 Å². The second-order valence-corrected chi connectivity index (χ2v) is 12.2. The number of rotatable bonds is 13. The fourth-order valence-electron chi connectivity index (χ4n) is 4.29. The fourth-order valence-corrected chi connectivity index (χ4v) is 6.01. The molecule has 3 aromatic rings. The van der Waals surface area contributed by atoms with Gasteiger partial charge in [0.25, 0.3) is 10.0 Å². The van der Waals surface area contributed by atoms with E-state index in [1.54, 1.807) is 18.2 Å². The molecule has 0 fully saturated rings. The van der Waals surface area contributed by atoms with Gasteiger partial charge in [0.1, 0.15) is 12.6 Å². The van der Waals surface area contributed by atoms with Crippen molar-refractivity contribution in [3.05, 3.63) is 94.0 Å². The Morgan fingerprint density at radius 3 is 2.25 bits per heavy atom. The molecule has 214 valence electrons. The van der Waals surface area contributed by atoms with E-state index in [1.807, 2.05) is 45.0 Å². The summed E-state index contributed by atoms with van der Waals surface area (Å²) in [6.07, 6.45) is 2.09. The maximum Gasteiger partial charge on any atom is 0.264 e. The maximum absolute atomic E-state index is 14.1. The van der Waals surface area contributed by atoms with Crippen LogP contribution in [0.2, 0.25) is 10.0 Å². The third-order valence-electron chi connectivity index (χ3n) is 6.59. The van der Waals surface area contributed by atoms with Crippen LogP contribution in [0.4, 0.5) is 5.69 Å². The Bertz CT molecular complexity index is 1410. The van der Waals surface area contributed by atoms with Gasteiger partial charge in [-0.05, 0) is 73.4 Å². The molecule has 0 unspecified atom stereocenters. The summed E-state index contributed by atoms with van der Waals surface area (Å²) in [4.78, 5) is 28.8. The van der Waals surface area contributed by atoms with Gasteiger partial charge in [0.2, 0.25) is 11.8 Å². The van der Waals surface area contributed by atoms with Crippen LogP contribution >= 0.6 is 23.2 Å². The number of hydrogen-bond acceptors (Lipinski definition) is 4. The third-order valence-corrected chi connectivity index (χ3v) is 8.87. The number of nitrogens with zero attached hydrogens (tertiary/aromatic N) is 2. The Morgan fingerprint density at radius 2 is 1.62 bits per heavy atom. The lowest BCUT2D eigenvalue weighted by Crippen LogP contribution is -2.52. The number of sulfonamides is 1. The number of hydrogen-bond donors (Lipinski definition) is 1. The third kappa shape index (κ3) is 7.99. The van der Waals surface area contributed by atoms with Crippen molar-refractivity contribution in [2.75, 3.05) is 17.4 Å². The Balaban J connectivity index is 2.05. The van der Waals surface area contributed by atoms with Crippen molar-refractivity contribution in [3.63, 3.8) is 0 Å². The van der Waals surface area contributed by atoms with Crippen molar-refractivity contribution in [3.8, 4) is 0 Å². The molecule has 0 saturated heterocycles. The Hall–Kier alpha value is -3.07. The molecule has 1 atom stereocenters. The predicted molar refractivity (Wildman–Crippen MR) is 161 cm³/mol. The van der Waals surface area contributed by atoms with Crippen LogP contribution in [0.3, 0.4) is 0 Å². The molecule has 0 aliphatic carbocycles. The monoisotopic (exact) mass is 603 g/mol. The number of anilines is 1. The molecule has 0 saturated carbocycles. The van der Waals surface area contributed by atoms with Crippen LogP contribution in [-0.4, -0.2) is 44.3 Å². The average Bonchev–Trinajstić information content (AvgIpc) is 2.92. The van der Waals surface area contributed by atoms with E-state index in [0.29, 0.717) is 23.0 Å². The van der Waals surface area contributed by atoms with Gasteiger partial charge in [-0.2, -0.15) is 0 Å². The van der Waals surface area contributed by atoms with Gasteiger partial charge < -0.3 is 10.2 Å². The van der Waals surface area contributed by atoms with Crippen LogP contribution in [0.15, 0.2) is 77.7 Å². The van der Waals surface area contributed by atoms with Gasteiger partial charge in [-0.15, -0.1) is 0 Å². The molecule has 0 radical (unpaired) electrons. The summed E-state index contributed by atoms with van der Waals surface area (Å²) in [6, 6.07) is 18.9. The van der Waals surface area contributed by atoms with Crippen molar-refractivity contribution in [2.45, 2.75) is 57.5 Å². The van der Waals surface area contributed by atoms with Gasteiger partial charge in [0, 0.05) is 23.1 Å². The standard InChI is InChI=1S/C30H35Cl2N3O4S/c1-4-6-18-33-30(37)28(5-2)34(20-23-11-8-7-10-22(23)3)29(36)21-35(26-13-9-12-25(32)19-26)40(38,39)27-16-14-24(31)15-17-27/h7-17,19,28H,4-6,18,20-21H2,1-3H3,(H,33,37)/t28-/m1/s1. The second kappa shape index (κ2) is 14.5. The number of benzene rings is 3. The molecule has 0 aliphatic heterocycles. The smallest absolute Gasteiger partial charge is 0.264 e. The van der Waals surface area contributed by atoms with E-state index >= 15 is 0 Å². The van der Waals surface area contributed by atoms with Crippen LogP contribution in [0.5, 0.6) is 0 Å². The predicted octanol–water partition coefficient (Wildman–Crippen LogP) is 6.22. The highest BCUT2D eigenvalue weighted by Crippen LogP contribution is 2.28. The zero-order valence-corrected chi connectivity index (χ0v) is 25.3. The van der Waals surface area contributed by atoms with Crippen molar-refractivity contribution in [1.29, 1.82) is 0 Å². The molecule has 0 aromatic heterocycles. The van der Waals surface area contributed by atoms with Gasteiger partial charge in [0.05, 0.1) is 10.6 Å². The molecule has 1 N–H and O–H groups in total. The van der Waals surface area contributed by atoms with Crippen LogP contribution in [0.1, 0.15) is 44.2 Å². The molecule has 40 heavy (non-hydrogen) atoms. The van der Waals surface area contributed by atoms with Gasteiger partial charge in [-0.25, -0.2) is 8.42 Å². The summed E-state index contributed by atoms with van der Waals surface area (Å²) in [5, 5.41) is 3.63. The molecule has 10 heteroatoms. The normalized spacial score (nSPS) is 12.0. The Morgan fingerprint density at radius 1 is 0.925 bits per heavy atom. The van der Waals surface area contributed by atoms with Crippen molar-refractivity contribution in [1.82, 2.24) is 10.2 Å². The quantitative estimate of drug-likeness (QED) is 0.235. The number of aryl methyl sites for hydroxylation is 1. The largest absolute Gasteiger partial charge is 0.354 e. The van der Waals surface area contributed by atoms with Crippen LogP contribution in [0, 0.1) is 6.92 Å². The van der Waals surface area contributed by atoms with E-state index in [2.05, 4.69) is 5.32 Å². The van der Waals surface area contributed by atoms with E-state index < -0.39 is 28.5 Å². The molecule has 3 aromatic carbocycles. The number of halogens is 2. The lowest BCUT2D eigenvalue weighted by molar-refractivity contribution is -0.140. The van der Waals surface area contributed by atoms with Gasteiger partial charge in [-0.1, -0.05) is 73.8 Å². The number of unbranched alkanes of at least 4 members (excludes halogenated alkanes) is 1. The van der Waals surface area contributed by atoms with E-state index in [4.69, 9.17) is 23.2 Å². The molecular formula is C30H35Cl2N3O4S. The lowest BCUT2D eigenvalue weighted by Gasteiger charge is -2.33. The minimum absolute atomic E-state index is 0.0283. The highest BCUT2D eigenvalue weighted by molar-refractivity contribution is 7.92. The van der Waals surface area contributed by atoms with Crippen molar-refractivity contribution in [2.24, 2.45) is 0 Å². The average molecular weight is 605 g/mol. The summed E-state index contributed by atoms with van der Waals surface area (Å²) < 4.78 is 28.8. The van der Waals surface area contributed by atoms with Gasteiger partial charge >= 0.3 is 0 Å². The zero-order chi connectivity index (χ0) is 29.3. The minimum atomic E-state index is -4.20. The summed E-state index contributed by atoms with van der Waals surface area (Å²) in [6.45, 7) is 5.91. The molecule has 0 aliphatic rings. The first-order chi connectivity index (χ1) is 19.1. The van der Waals surface area contributed by atoms with E-state index in [0.717, 1.165) is 28.3 Å². The first-order valence-corrected chi connectivity index (χ1v) is 15.4. The topological polar surface area (TPSA) is 86.8 Å². The number of carbonyl (C=O) groups is 2. The van der Waals surface area contributed by atoms with Crippen LogP contribution in [-0.2, 0) is 26.2 Å². The summed E-state index contributed by atoms with van der Waals surface area (Å²) in [7, 11) is -4.20. The molecular weight excluding hydrogens is 569 g/mol. The van der Waals surface area contributed by atoms with Gasteiger partial charge in [0.15, 0.2) is 0 Å². The van der Waals surface area contributed by atoms with Crippen LogP contribution in [0.25, 0.3) is 0 Å². The Kier molecular flexibility index (Phi) is 11.4. The molecule has 2 amide bonds. The van der Waals surface area contributed by atoms with Crippen molar-refractivity contribution < 1.29 is 18.0 Å².